The highest BCUT2D eigenvalue weighted by Crippen LogP contribution is 2.29. The van der Waals surface area contributed by atoms with Crippen LogP contribution in [0.1, 0.15) is 18.4 Å². The Bertz CT molecular complexity index is 753. The van der Waals surface area contributed by atoms with Crippen molar-refractivity contribution < 1.29 is 4.79 Å². The molecule has 0 saturated carbocycles. The van der Waals surface area contributed by atoms with E-state index in [1.54, 1.807) is 0 Å². The van der Waals surface area contributed by atoms with Gasteiger partial charge in [0.1, 0.15) is 0 Å². The Labute approximate surface area is 148 Å². The lowest BCUT2D eigenvalue weighted by atomic mass is 9.94. The molecule has 0 atom stereocenters. The van der Waals surface area contributed by atoms with Crippen LogP contribution in [0.4, 0.5) is 4.79 Å². The first-order valence-electron chi connectivity index (χ1n) is 8.67. The molecule has 0 unspecified atom stereocenters. The summed E-state index contributed by atoms with van der Waals surface area (Å²) >= 11 is 0. The van der Waals surface area contributed by atoms with Gasteiger partial charge in [-0.2, -0.15) is 0 Å². The van der Waals surface area contributed by atoms with Gasteiger partial charge in [-0.15, -0.1) is 0 Å². The molecule has 0 aliphatic carbocycles. The van der Waals surface area contributed by atoms with Crippen molar-refractivity contribution in [3.05, 3.63) is 54.1 Å². The van der Waals surface area contributed by atoms with E-state index in [9.17, 15) is 4.79 Å². The van der Waals surface area contributed by atoms with E-state index in [0.29, 0.717) is 6.54 Å². The fraction of sp³-hybridized carbons (Fsp3) is 0.316. The Kier molecular flexibility index (Phi) is 6.00. The highest BCUT2D eigenvalue weighted by Gasteiger charge is 2.14. The molecule has 132 valence electrons. The van der Waals surface area contributed by atoms with E-state index in [1.165, 1.54) is 21.9 Å². The average Bonchev–Trinajstić information content (AvgIpc) is 2.67. The van der Waals surface area contributed by atoms with Gasteiger partial charge in [-0.1, -0.05) is 48.5 Å². The van der Waals surface area contributed by atoms with Gasteiger partial charge in [0, 0.05) is 19.6 Å². The van der Waals surface area contributed by atoms with Crippen molar-refractivity contribution in [2.45, 2.75) is 12.8 Å². The van der Waals surface area contributed by atoms with Crippen LogP contribution in [0.25, 0.3) is 16.3 Å². The van der Waals surface area contributed by atoms with Crippen LogP contribution in [-0.4, -0.2) is 37.1 Å². The summed E-state index contributed by atoms with van der Waals surface area (Å²) in [7, 11) is 0. The first-order chi connectivity index (χ1) is 12.3. The Hall–Kier alpha value is -2.41. The molecule has 25 heavy (non-hydrogen) atoms. The van der Waals surface area contributed by atoms with Crippen molar-refractivity contribution in [1.29, 1.82) is 0 Å². The van der Waals surface area contributed by atoms with E-state index in [-0.39, 0.29) is 0 Å². The largest absolute Gasteiger partial charge is 0.343 e. The number of urea groups is 1. The molecule has 0 bridgehead atoms. The zero-order valence-electron chi connectivity index (χ0n) is 14.3. The number of hydrogen-bond donors (Lipinski definition) is 4. The molecule has 0 radical (unpaired) electrons. The van der Waals surface area contributed by atoms with Crippen LogP contribution >= 0.6 is 0 Å². The molecule has 6 heteroatoms. The third kappa shape index (κ3) is 4.57. The molecule has 0 aromatic heterocycles. The van der Waals surface area contributed by atoms with Gasteiger partial charge in [0.15, 0.2) is 0 Å². The van der Waals surface area contributed by atoms with Gasteiger partial charge in [0.2, 0.25) is 0 Å². The Morgan fingerprint density at radius 1 is 1.16 bits per heavy atom. The van der Waals surface area contributed by atoms with Crippen LogP contribution < -0.4 is 22.1 Å². The lowest BCUT2D eigenvalue weighted by Crippen LogP contribution is -2.47. The van der Waals surface area contributed by atoms with E-state index in [1.807, 2.05) is 5.43 Å². The first kappa shape index (κ1) is 17.4. The highest BCUT2D eigenvalue weighted by atomic mass is 16.2. The van der Waals surface area contributed by atoms with Gasteiger partial charge in [-0.25, -0.2) is 16.1 Å². The summed E-state index contributed by atoms with van der Waals surface area (Å²) < 4.78 is 0. The summed E-state index contributed by atoms with van der Waals surface area (Å²) in [5, 5.41) is 2.63. The van der Waals surface area contributed by atoms with Crippen molar-refractivity contribution in [1.82, 2.24) is 21.2 Å². The second-order valence-electron chi connectivity index (χ2n) is 6.19. The maximum Gasteiger partial charge on any atom is 0.343 e. The molecule has 1 aliphatic heterocycles. The number of hydrazine groups is 2. The fourth-order valence-corrected chi connectivity index (χ4v) is 3.23. The van der Waals surface area contributed by atoms with Gasteiger partial charge >= 0.3 is 6.03 Å². The summed E-state index contributed by atoms with van der Waals surface area (Å²) in [6, 6.07) is 14.7. The number of carbonyl (C=O) groups is 1. The van der Waals surface area contributed by atoms with Gasteiger partial charge in [-0.3, -0.25) is 15.8 Å². The van der Waals surface area contributed by atoms with E-state index < -0.39 is 6.03 Å². The minimum atomic E-state index is -0.430. The van der Waals surface area contributed by atoms with Crippen molar-refractivity contribution in [2.24, 2.45) is 5.84 Å². The van der Waals surface area contributed by atoms with E-state index in [2.05, 4.69) is 64.3 Å². The number of nitrogens with one attached hydrogen (secondary N) is 3. The Morgan fingerprint density at radius 3 is 2.80 bits per heavy atom. The number of fused-ring (bicyclic) bond motifs is 1. The molecular formula is C19H25N5O. The predicted molar refractivity (Wildman–Crippen MR) is 101 cm³/mol. The smallest absolute Gasteiger partial charge is 0.299 e. The van der Waals surface area contributed by atoms with Gasteiger partial charge < -0.3 is 0 Å². The molecule has 0 saturated heterocycles. The molecule has 3 rings (SSSR count). The number of hydrogen-bond acceptors (Lipinski definition) is 4. The van der Waals surface area contributed by atoms with Crippen molar-refractivity contribution >= 4 is 22.4 Å². The van der Waals surface area contributed by atoms with E-state index in [4.69, 9.17) is 5.84 Å². The summed E-state index contributed by atoms with van der Waals surface area (Å²) in [5.41, 5.74) is 10.1. The molecule has 2 aromatic carbocycles. The fourth-order valence-electron chi connectivity index (χ4n) is 3.23. The molecule has 2 amide bonds. The average molecular weight is 339 g/mol. The molecule has 1 heterocycles. The summed E-state index contributed by atoms with van der Waals surface area (Å²) in [6.07, 6.45) is 4.37. The number of carbonyl (C=O) groups excluding carboxylic acids is 1. The molecule has 0 fully saturated rings. The third-order valence-electron chi connectivity index (χ3n) is 4.54. The monoisotopic (exact) mass is 339 g/mol. The molecule has 2 aromatic rings. The number of nitrogens with zero attached hydrogens (tertiary/aromatic N) is 1. The normalized spacial score (nSPS) is 15.0. The van der Waals surface area contributed by atoms with Gasteiger partial charge in [0.05, 0.1) is 0 Å². The van der Waals surface area contributed by atoms with Crippen LogP contribution in [0.5, 0.6) is 0 Å². The topological polar surface area (TPSA) is 82.4 Å². The van der Waals surface area contributed by atoms with Crippen LogP contribution in [0.3, 0.4) is 0 Å². The first-order valence-corrected chi connectivity index (χ1v) is 8.67. The van der Waals surface area contributed by atoms with Crippen LogP contribution in [-0.2, 0) is 0 Å². The van der Waals surface area contributed by atoms with Crippen molar-refractivity contribution in [2.75, 3.05) is 26.2 Å². The van der Waals surface area contributed by atoms with E-state index >= 15 is 0 Å². The number of rotatable bonds is 6. The second-order valence-corrected chi connectivity index (χ2v) is 6.19. The zero-order chi connectivity index (χ0) is 17.5. The van der Waals surface area contributed by atoms with E-state index in [0.717, 1.165) is 32.5 Å². The molecular weight excluding hydrogens is 314 g/mol. The highest BCUT2D eigenvalue weighted by molar-refractivity contribution is 5.94. The summed E-state index contributed by atoms with van der Waals surface area (Å²) in [5.74, 6) is 4.98. The lowest BCUT2D eigenvalue weighted by molar-refractivity contribution is 0.235. The number of benzene rings is 2. The maximum absolute atomic E-state index is 10.9. The second kappa shape index (κ2) is 8.62. The van der Waals surface area contributed by atoms with Gasteiger partial charge in [-0.05, 0) is 41.3 Å². The van der Waals surface area contributed by atoms with Crippen molar-refractivity contribution in [3.63, 3.8) is 0 Å². The molecule has 0 spiro atoms. The zero-order valence-corrected chi connectivity index (χ0v) is 14.3. The SMILES string of the molecule is NNC(=O)NNCCCN1CC=C(c2cccc3ccccc23)CC1. The lowest BCUT2D eigenvalue weighted by Gasteiger charge is -2.27. The van der Waals surface area contributed by atoms with Crippen molar-refractivity contribution in [3.8, 4) is 0 Å². The number of nitrogens with two attached hydrogens (primary N) is 1. The standard InChI is InChI=1S/C19H25N5O/c20-22-19(25)23-21-11-4-12-24-13-9-16(10-14-24)18-8-3-6-15-5-1-2-7-17(15)18/h1-3,5-9,21H,4,10-14,20H2,(H2,22,23,25). The minimum absolute atomic E-state index is 0.430. The predicted octanol–water partition coefficient (Wildman–Crippen LogP) is 2.00. The van der Waals surface area contributed by atoms with Gasteiger partial charge in [0.25, 0.3) is 0 Å². The quantitative estimate of drug-likeness (QED) is 0.281. The summed E-state index contributed by atoms with van der Waals surface area (Å²) in [4.78, 5) is 13.3. The Balaban J connectivity index is 1.51. The maximum atomic E-state index is 10.9. The van der Waals surface area contributed by atoms with Crippen LogP contribution in [0, 0.1) is 0 Å². The van der Waals surface area contributed by atoms with Crippen LogP contribution in [0.2, 0.25) is 0 Å². The molecule has 6 nitrogen and oxygen atoms in total. The molecule has 5 N–H and O–H groups in total. The van der Waals surface area contributed by atoms with Crippen LogP contribution in [0.15, 0.2) is 48.5 Å². The summed E-state index contributed by atoms with van der Waals surface area (Å²) in [6.45, 7) is 3.74. The Morgan fingerprint density at radius 2 is 2.00 bits per heavy atom. The third-order valence-corrected chi connectivity index (χ3v) is 4.54. The minimum Gasteiger partial charge on any atom is -0.299 e. The molecule has 1 aliphatic rings. The number of amides is 2.